The maximum Gasteiger partial charge on any atom is 0.243 e. The molecule has 1 saturated heterocycles. The Balaban J connectivity index is 1.49. The molecule has 2 aromatic carbocycles. The fourth-order valence-corrected chi connectivity index (χ4v) is 5.96. The SMILES string of the molecule is COc1ccc(S(=O)(=O)N2CCC[C@H](C(=O)Nc3ccc4sncc4c3)C2)cc1C. The molecule has 3 aromatic rings. The van der Waals surface area contributed by atoms with Crippen LogP contribution >= 0.6 is 11.5 Å². The van der Waals surface area contributed by atoms with E-state index in [0.29, 0.717) is 30.8 Å². The smallest absolute Gasteiger partial charge is 0.243 e. The fourth-order valence-electron chi connectivity index (χ4n) is 3.73. The molecule has 0 unspecified atom stereocenters. The lowest BCUT2D eigenvalue weighted by Crippen LogP contribution is -2.43. The summed E-state index contributed by atoms with van der Waals surface area (Å²) in [6.45, 7) is 2.38. The standard InChI is InChI=1S/C21H23N3O4S2/c1-14-10-18(6-7-19(14)28-2)30(26,27)24-9-3-4-15(13-24)21(25)23-17-5-8-20-16(11-17)12-22-29-20/h5-8,10-12,15H,3-4,9,13H2,1-2H3,(H,23,25)/t15-/m0/s1. The van der Waals surface area contributed by atoms with Crippen LogP contribution in [-0.2, 0) is 14.8 Å². The summed E-state index contributed by atoms with van der Waals surface area (Å²) in [4.78, 5) is 13.0. The number of nitrogens with zero attached hydrogens (tertiary/aromatic N) is 2. The van der Waals surface area contributed by atoms with Gasteiger partial charge in [-0.05, 0) is 73.3 Å². The fraction of sp³-hybridized carbons (Fsp3) is 0.333. The van der Waals surface area contributed by atoms with E-state index in [9.17, 15) is 13.2 Å². The highest BCUT2D eigenvalue weighted by molar-refractivity contribution is 7.89. The van der Waals surface area contributed by atoms with Gasteiger partial charge in [-0.25, -0.2) is 8.42 Å². The van der Waals surface area contributed by atoms with Gasteiger partial charge in [0.1, 0.15) is 5.75 Å². The molecule has 0 spiro atoms. The number of piperidine rings is 1. The molecule has 2 heterocycles. The number of methoxy groups -OCH3 is 1. The van der Waals surface area contributed by atoms with Gasteiger partial charge in [-0.2, -0.15) is 8.68 Å². The van der Waals surface area contributed by atoms with E-state index in [4.69, 9.17) is 4.74 Å². The van der Waals surface area contributed by atoms with Gasteiger partial charge in [0, 0.05) is 30.4 Å². The average Bonchev–Trinajstić information content (AvgIpc) is 3.21. The molecule has 1 aliphatic heterocycles. The Bertz CT molecular complexity index is 1190. The second-order valence-corrected chi connectivity index (χ2v) is 10.2. The number of carbonyl (C=O) groups excluding carboxylic acids is 1. The van der Waals surface area contributed by atoms with Crippen molar-refractivity contribution in [2.75, 3.05) is 25.5 Å². The highest BCUT2D eigenvalue weighted by Crippen LogP contribution is 2.28. The lowest BCUT2D eigenvalue weighted by Gasteiger charge is -2.31. The monoisotopic (exact) mass is 445 g/mol. The Kier molecular flexibility index (Phi) is 5.77. The van der Waals surface area contributed by atoms with E-state index in [2.05, 4.69) is 9.69 Å². The molecule has 158 valence electrons. The third-order valence-electron chi connectivity index (χ3n) is 5.38. The second kappa shape index (κ2) is 8.33. The molecule has 0 radical (unpaired) electrons. The number of anilines is 1. The number of amides is 1. The molecular weight excluding hydrogens is 422 g/mol. The first-order valence-corrected chi connectivity index (χ1v) is 11.9. The van der Waals surface area contributed by atoms with Crippen molar-refractivity contribution in [2.45, 2.75) is 24.7 Å². The van der Waals surface area contributed by atoms with Crippen LogP contribution in [0.1, 0.15) is 18.4 Å². The van der Waals surface area contributed by atoms with E-state index in [1.807, 2.05) is 25.1 Å². The van der Waals surface area contributed by atoms with E-state index in [-0.39, 0.29) is 17.3 Å². The molecule has 30 heavy (non-hydrogen) atoms. The van der Waals surface area contributed by atoms with Crippen molar-refractivity contribution in [3.05, 3.63) is 48.2 Å². The number of sulfonamides is 1. The molecule has 4 rings (SSSR count). The first-order valence-electron chi connectivity index (χ1n) is 9.68. The van der Waals surface area contributed by atoms with Crippen LogP contribution in [0.15, 0.2) is 47.5 Å². The highest BCUT2D eigenvalue weighted by atomic mass is 32.2. The summed E-state index contributed by atoms with van der Waals surface area (Å²) < 4.78 is 38.1. The summed E-state index contributed by atoms with van der Waals surface area (Å²) in [5, 5.41) is 3.90. The van der Waals surface area contributed by atoms with Crippen LogP contribution in [-0.4, -0.2) is 43.2 Å². The molecule has 1 N–H and O–H groups in total. The third-order valence-corrected chi connectivity index (χ3v) is 8.02. The summed E-state index contributed by atoms with van der Waals surface area (Å²) in [6.07, 6.45) is 3.06. The Hall–Kier alpha value is -2.49. The van der Waals surface area contributed by atoms with E-state index >= 15 is 0 Å². The van der Waals surface area contributed by atoms with E-state index in [1.54, 1.807) is 31.5 Å². The quantitative estimate of drug-likeness (QED) is 0.648. The normalized spacial score (nSPS) is 17.7. The largest absolute Gasteiger partial charge is 0.496 e. The lowest BCUT2D eigenvalue weighted by molar-refractivity contribution is -0.120. The Morgan fingerprint density at radius 3 is 2.87 bits per heavy atom. The van der Waals surface area contributed by atoms with Crippen LogP contribution in [0.2, 0.25) is 0 Å². The zero-order valence-corrected chi connectivity index (χ0v) is 18.4. The van der Waals surface area contributed by atoms with Crippen LogP contribution in [0, 0.1) is 12.8 Å². The van der Waals surface area contributed by atoms with Crippen LogP contribution in [0.4, 0.5) is 5.69 Å². The van der Waals surface area contributed by atoms with E-state index in [0.717, 1.165) is 15.6 Å². The van der Waals surface area contributed by atoms with Crippen molar-refractivity contribution >= 4 is 43.2 Å². The van der Waals surface area contributed by atoms with Crippen LogP contribution < -0.4 is 10.1 Å². The van der Waals surface area contributed by atoms with Crippen molar-refractivity contribution in [1.29, 1.82) is 0 Å². The number of aryl methyl sites for hydroxylation is 1. The molecule has 1 aromatic heterocycles. The van der Waals surface area contributed by atoms with E-state index in [1.165, 1.54) is 15.8 Å². The first kappa shape index (κ1) is 20.8. The van der Waals surface area contributed by atoms with Crippen molar-refractivity contribution < 1.29 is 17.9 Å². The summed E-state index contributed by atoms with van der Waals surface area (Å²) in [7, 11) is -2.13. The lowest BCUT2D eigenvalue weighted by atomic mass is 9.98. The molecule has 0 aliphatic carbocycles. The Morgan fingerprint density at radius 2 is 2.10 bits per heavy atom. The minimum Gasteiger partial charge on any atom is -0.496 e. The van der Waals surface area contributed by atoms with E-state index < -0.39 is 15.9 Å². The molecule has 1 atom stereocenters. The number of nitrogens with one attached hydrogen (secondary N) is 1. The number of aromatic nitrogens is 1. The third kappa shape index (κ3) is 4.05. The molecule has 7 nitrogen and oxygen atoms in total. The number of ether oxygens (including phenoxy) is 1. The van der Waals surface area contributed by atoms with Gasteiger partial charge in [0.15, 0.2) is 0 Å². The van der Waals surface area contributed by atoms with Gasteiger partial charge in [-0.3, -0.25) is 4.79 Å². The van der Waals surface area contributed by atoms with Gasteiger partial charge in [0.05, 0.1) is 22.6 Å². The number of hydrogen-bond donors (Lipinski definition) is 1. The van der Waals surface area contributed by atoms with Crippen molar-refractivity contribution in [3.8, 4) is 5.75 Å². The number of benzene rings is 2. The number of hydrogen-bond acceptors (Lipinski definition) is 6. The van der Waals surface area contributed by atoms with Crippen molar-refractivity contribution in [1.82, 2.24) is 8.68 Å². The Labute approximate surface area is 179 Å². The zero-order valence-electron chi connectivity index (χ0n) is 16.8. The van der Waals surface area contributed by atoms with Gasteiger partial charge in [-0.15, -0.1) is 0 Å². The van der Waals surface area contributed by atoms with Crippen molar-refractivity contribution in [3.63, 3.8) is 0 Å². The minimum absolute atomic E-state index is 0.164. The molecule has 1 aliphatic rings. The predicted molar refractivity (Wildman–Crippen MR) is 117 cm³/mol. The molecular formula is C21H23N3O4S2. The minimum atomic E-state index is -3.68. The maximum atomic E-state index is 13.1. The first-order chi connectivity index (χ1) is 14.4. The van der Waals surface area contributed by atoms with Crippen LogP contribution in [0.25, 0.3) is 10.1 Å². The summed E-state index contributed by atoms with van der Waals surface area (Å²) in [5.74, 6) is 0.0788. The summed E-state index contributed by atoms with van der Waals surface area (Å²) in [5.41, 5.74) is 1.45. The van der Waals surface area contributed by atoms with Crippen molar-refractivity contribution in [2.24, 2.45) is 5.92 Å². The van der Waals surface area contributed by atoms with Gasteiger partial charge in [-0.1, -0.05) is 0 Å². The highest BCUT2D eigenvalue weighted by Gasteiger charge is 2.33. The summed E-state index contributed by atoms with van der Waals surface area (Å²) >= 11 is 1.40. The average molecular weight is 446 g/mol. The van der Waals surface area contributed by atoms with Gasteiger partial charge >= 0.3 is 0 Å². The van der Waals surface area contributed by atoms with Gasteiger partial charge in [0.2, 0.25) is 15.9 Å². The van der Waals surface area contributed by atoms with Crippen LogP contribution in [0.3, 0.4) is 0 Å². The number of carbonyl (C=O) groups is 1. The topological polar surface area (TPSA) is 88.6 Å². The number of rotatable bonds is 5. The zero-order chi connectivity index (χ0) is 21.3. The molecule has 1 amide bonds. The van der Waals surface area contributed by atoms with Gasteiger partial charge in [0.25, 0.3) is 0 Å². The Morgan fingerprint density at radius 1 is 1.27 bits per heavy atom. The maximum absolute atomic E-state index is 13.1. The number of fused-ring (bicyclic) bond motifs is 1. The molecule has 1 fully saturated rings. The molecule has 0 saturated carbocycles. The molecule has 0 bridgehead atoms. The summed E-state index contributed by atoms with van der Waals surface area (Å²) in [6, 6.07) is 10.5. The predicted octanol–water partition coefficient (Wildman–Crippen LogP) is 3.65. The molecule has 9 heteroatoms. The second-order valence-electron chi connectivity index (χ2n) is 7.40. The van der Waals surface area contributed by atoms with Gasteiger partial charge < -0.3 is 10.1 Å². The van der Waals surface area contributed by atoms with Crippen LogP contribution in [0.5, 0.6) is 5.75 Å².